The molecule has 0 radical (unpaired) electrons. The van der Waals surface area contributed by atoms with Crippen molar-refractivity contribution >= 4 is 17.3 Å². The molecule has 0 aromatic heterocycles. The molecule has 0 aliphatic rings. The maximum Gasteiger partial charge on any atom is 0.292 e. The average Bonchev–Trinajstić information content (AvgIpc) is 2.60. The summed E-state index contributed by atoms with van der Waals surface area (Å²) in [4.78, 5) is 22.7. The lowest BCUT2D eigenvalue weighted by Crippen LogP contribution is -2.41. The smallest absolute Gasteiger partial charge is 0.292 e. The summed E-state index contributed by atoms with van der Waals surface area (Å²) in [5, 5.41) is 16.7. The first-order valence-electron chi connectivity index (χ1n) is 7.77. The van der Waals surface area contributed by atoms with Gasteiger partial charge in [0.2, 0.25) is 5.91 Å². The molecule has 2 aromatic carbocycles. The van der Waals surface area contributed by atoms with Gasteiger partial charge in [0.25, 0.3) is 5.69 Å². The second kappa shape index (κ2) is 7.76. The van der Waals surface area contributed by atoms with Gasteiger partial charge in [-0.25, -0.2) is 0 Å². The van der Waals surface area contributed by atoms with Gasteiger partial charge in [-0.3, -0.25) is 20.2 Å². The van der Waals surface area contributed by atoms with E-state index in [2.05, 4.69) is 10.6 Å². The topological polar surface area (TPSA) is 93.5 Å². The second-order valence-corrected chi connectivity index (χ2v) is 6.00. The number of nitro groups is 1. The normalized spacial score (nSPS) is 11.0. The molecule has 0 unspecified atom stereocenters. The third-order valence-electron chi connectivity index (χ3n) is 3.85. The second-order valence-electron chi connectivity index (χ2n) is 6.00. The third kappa shape index (κ3) is 4.54. The molecule has 2 aromatic rings. The first-order valence-corrected chi connectivity index (χ1v) is 7.77. The summed E-state index contributed by atoms with van der Waals surface area (Å²) in [6.07, 6.45) is 0. The Morgan fingerprint density at radius 1 is 1.16 bits per heavy atom. The van der Waals surface area contributed by atoms with Crippen molar-refractivity contribution in [1.82, 2.24) is 5.32 Å². The van der Waals surface area contributed by atoms with Gasteiger partial charge in [0.1, 0.15) is 11.4 Å². The number of amides is 1. The lowest BCUT2D eigenvalue weighted by Gasteiger charge is -2.28. The van der Waals surface area contributed by atoms with Crippen molar-refractivity contribution in [2.24, 2.45) is 0 Å². The van der Waals surface area contributed by atoms with Crippen molar-refractivity contribution < 1.29 is 14.5 Å². The molecule has 0 heterocycles. The molecule has 0 bridgehead atoms. The predicted octanol–water partition coefficient (Wildman–Crippen LogP) is 3.07. The number of anilines is 1. The van der Waals surface area contributed by atoms with E-state index < -0.39 is 10.5 Å². The zero-order valence-corrected chi connectivity index (χ0v) is 14.4. The van der Waals surface area contributed by atoms with Crippen molar-refractivity contribution in [3.8, 4) is 5.75 Å². The molecule has 2 rings (SSSR count). The van der Waals surface area contributed by atoms with Crippen molar-refractivity contribution in [1.29, 1.82) is 0 Å². The van der Waals surface area contributed by atoms with Gasteiger partial charge < -0.3 is 10.1 Å². The lowest BCUT2D eigenvalue weighted by atomic mass is 9.93. The molecule has 25 heavy (non-hydrogen) atoms. The number of methoxy groups -OCH3 is 1. The Balaban J connectivity index is 2.06. The fourth-order valence-corrected chi connectivity index (χ4v) is 2.49. The van der Waals surface area contributed by atoms with Crippen LogP contribution in [0.25, 0.3) is 0 Å². The van der Waals surface area contributed by atoms with Gasteiger partial charge in [0.15, 0.2) is 0 Å². The van der Waals surface area contributed by atoms with Gasteiger partial charge >= 0.3 is 0 Å². The zero-order chi connectivity index (χ0) is 18.4. The molecule has 0 fully saturated rings. The Morgan fingerprint density at radius 3 is 2.48 bits per heavy atom. The number of benzene rings is 2. The van der Waals surface area contributed by atoms with Crippen LogP contribution in [0.4, 0.5) is 11.4 Å². The standard InChI is InChI=1S/C18H21N3O4/c1-18(2,13-8-4-7-11-16(13)25-3)19-12-17(22)20-14-9-5-6-10-15(14)21(23)24/h4-11,19H,12H2,1-3H3,(H,20,22). The lowest BCUT2D eigenvalue weighted by molar-refractivity contribution is -0.383. The van der Waals surface area contributed by atoms with Crippen LogP contribution in [0.1, 0.15) is 19.4 Å². The van der Waals surface area contributed by atoms with E-state index in [-0.39, 0.29) is 23.8 Å². The Morgan fingerprint density at radius 2 is 1.80 bits per heavy atom. The maximum atomic E-state index is 12.2. The largest absolute Gasteiger partial charge is 0.496 e. The number of para-hydroxylation sites is 3. The minimum atomic E-state index is -0.526. The monoisotopic (exact) mass is 343 g/mol. The van der Waals surface area contributed by atoms with Gasteiger partial charge in [-0.15, -0.1) is 0 Å². The van der Waals surface area contributed by atoms with Gasteiger partial charge in [-0.05, 0) is 26.0 Å². The summed E-state index contributed by atoms with van der Waals surface area (Å²) in [6, 6.07) is 13.6. The molecular weight excluding hydrogens is 322 g/mol. The predicted molar refractivity (Wildman–Crippen MR) is 95.7 cm³/mol. The molecule has 0 atom stereocenters. The van der Waals surface area contributed by atoms with Crippen molar-refractivity contribution in [2.45, 2.75) is 19.4 Å². The van der Waals surface area contributed by atoms with E-state index in [1.807, 2.05) is 38.1 Å². The van der Waals surface area contributed by atoms with Crippen LogP contribution in [0.3, 0.4) is 0 Å². The van der Waals surface area contributed by atoms with E-state index in [0.29, 0.717) is 0 Å². The third-order valence-corrected chi connectivity index (χ3v) is 3.85. The SMILES string of the molecule is COc1ccccc1C(C)(C)NCC(=O)Nc1ccccc1[N+](=O)[O-]. The van der Waals surface area contributed by atoms with Crippen LogP contribution in [0.2, 0.25) is 0 Å². The van der Waals surface area contributed by atoms with Gasteiger partial charge in [-0.2, -0.15) is 0 Å². The van der Waals surface area contributed by atoms with E-state index in [4.69, 9.17) is 4.74 Å². The van der Waals surface area contributed by atoms with Crippen molar-refractivity contribution in [3.63, 3.8) is 0 Å². The number of nitrogens with one attached hydrogen (secondary N) is 2. The number of carbonyl (C=O) groups is 1. The van der Waals surface area contributed by atoms with Gasteiger partial charge in [-0.1, -0.05) is 30.3 Å². The fraction of sp³-hybridized carbons (Fsp3) is 0.278. The summed E-state index contributed by atoms with van der Waals surface area (Å²) < 4.78 is 5.36. The zero-order valence-electron chi connectivity index (χ0n) is 14.4. The average molecular weight is 343 g/mol. The fourth-order valence-electron chi connectivity index (χ4n) is 2.49. The highest BCUT2D eigenvalue weighted by atomic mass is 16.6. The van der Waals surface area contributed by atoms with Crippen molar-refractivity contribution in [2.75, 3.05) is 19.0 Å². The Bertz CT molecular complexity index is 774. The molecule has 1 amide bonds. The van der Waals surface area contributed by atoms with Crippen LogP contribution in [0, 0.1) is 10.1 Å². The maximum absolute atomic E-state index is 12.2. The number of hydrogen-bond donors (Lipinski definition) is 2. The molecule has 0 aliphatic heterocycles. The van der Waals surface area contributed by atoms with Crippen LogP contribution < -0.4 is 15.4 Å². The Hall–Kier alpha value is -2.93. The Labute approximate surface area is 146 Å². The number of carbonyl (C=O) groups excluding carboxylic acids is 1. The quantitative estimate of drug-likeness (QED) is 0.595. The highest BCUT2D eigenvalue weighted by Crippen LogP contribution is 2.29. The summed E-state index contributed by atoms with van der Waals surface area (Å²) >= 11 is 0. The number of ether oxygens (including phenoxy) is 1. The van der Waals surface area contributed by atoms with E-state index in [1.54, 1.807) is 19.2 Å². The summed E-state index contributed by atoms with van der Waals surface area (Å²) in [6.45, 7) is 3.86. The molecule has 132 valence electrons. The van der Waals surface area contributed by atoms with Crippen LogP contribution >= 0.6 is 0 Å². The minimum Gasteiger partial charge on any atom is -0.496 e. The van der Waals surface area contributed by atoms with Crippen LogP contribution in [0.5, 0.6) is 5.75 Å². The number of nitrogens with zero attached hydrogens (tertiary/aromatic N) is 1. The number of nitro benzene ring substituents is 1. The van der Waals surface area contributed by atoms with E-state index in [1.165, 1.54) is 12.1 Å². The molecular formula is C18H21N3O4. The highest BCUT2D eigenvalue weighted by Gasteiger charge is 2.24. The molecule has 0 saturated heterocycles. The van der Waals surface area contributed by atoms with Crippen molar-refractivity contribution in [3.05, 3.63) is 64.2 Å². The van der Waals surface area contributed by atoms with Crippen LogP contribution in [0.15, 0.2) is 48.5 Å². The molecule has 0 aliphatic carbocycles. The van der Waals surface area contributed by atoms with Gasteiger partial charge in [0, 0.05) is 17.2 Å². The van der Waals surface area contributed by atoms with E-state index in [0.717, 1.165) is 11.3 Å². The first kappa shape index (κ1) is 18.4. The molecule has 0 spiro atoms. The van der Waals surface area contributed by atoms with E-state index >= 15 is 0 Å². The summed E-state index contributed by atoms with van der Waals surface area (Å²) in [7, 11) is 1.59. The van der Waals surface area contributed by atoms with Crippen LogP contribution in [-0.2, 0) is 10.3 Å². The minimum absolute atomic E-state index is 0.00288. The number of rotatable bonds is 7. The molecule has 7 nitrogen and oxygen atoms in total. The summed E-state index contributed by atoms with van der Waals surface area (Å²) in [5.74, 6) is 0.358. The van der Waals surface area contributed by atoms with E-state index in [9.17, 15) is 14.9 Å². The highest BCUT2D eigenvalue weighted by molar-refractivity contribution is 5.94. The Kier molecular flexibility index (Phi) is 5.71. The van der Waals surface area contributed by atoms with Gasteiger partial charge in [0.05, 0.1) is 18.6 Å². The first-order chi connectivity index (χ1) is 11.8. The summed E-state index contributed by atoms with van der Waals surface area (Å²) in [5.41, 5.74) is 0.428. The van der Waals surface area contributed by atoms with Crippen LogP contribution in [-0.4, -0.2) is 24.5 Å². The molecule has 7 heteroatoms. The molecule has 2 N–H and O–H groups in total. The number of hydrogen-bond acceptors (Lipinski definition) is 5. The molecule has 0 saturated carbocycles.